The van der Waals surface area contributed by atoms with Crippen LogP contribution >= 0.6 is 11.6 Å². The Morgan fingerprint density at radius 2 is 1.41 bits per heavy atom. The number of para-hydroxylation sites is 1. The lowest BCUT2D eigenvalue weighted by atomic mass is 10.2. The number of alkyl halides is 3. The summed E-state index contributed by atoms with van der Waals surface area (Å²) < 4.78 is 99.3. The molecule has 0 aliphatic heterocycles. The molecule has 0 amide bonds. The maximum Gasteiger partial charge on any atom is 0.416 e. The normalized spacial score (nSPS) is 12.6. The predicted octanol–water partition coefficient (Wildman–Crippen LogP) is 5.71. The van der Waals surface area contributed by atoms with Gasteiger partial charge in [0.05, 0.1) is 21.8 Å². The standard InChI is InChI=1S/C21H14ClF3N2O5S2/c22-15-7-10-17(26-33(28,29)16-8-5-14(6-9-16)21(23,24)25)18(12-15)27-34(30,31)20-11-13-3-1-2-4-19(13)32-20/h1-12,26-27H. The predicted molar refractivity (Wildman–Crippen MR) is 121 cm³/mol. The van der Waals surface area contributed by atoms with E-state index in [1.807, 2.05) is 0 Å². The quantitative estimate of drug-likeness (QED) is 0.332. The van der Waals surface area contributed by atoms with E-state index in [2.05, 4.69) is 9.44 Å². The molecule has 0 bridgehead atoms. The second-order valence-electron chi connectivity index (χ2n) is 7.03. The van der Waals surface area contributed by atoms with Crippen molar-refractivity contribution < 1.29 is 34.4 Å². The average molecular weight is 531 g/mol. The first-order valence-electron chi connectivity index (χ1n) is 9.36. The number of furan rings is 1. The van der Waals surface area contributed by atoms with Gasteiger partial charge in [0.15, 0.2) is 0 Å². The van der Waals surface area contributed by atoms with Crippen LogP contribution in [0.2, 0.25) is 5.02 Å². The van der Waals surface area contributed by atoms with E-state index in [4.69, 9.17) is 16.0 Å². The van der Waals surface area contributed by atoms with Gasteiger partial charge < -0.3 is 4.42 Å². The van der Waals surface area contributed by atoms with Crippen molar-refractivity contribution in [3.63, 3.8) is 0 Å². The van der Waals surface area contributed by atoms with E-state index in [1.165, 1.54) is 24.3 Å². The maximum absolute atomic E-state index is 12.9. The summed E-state index contributed by atoms with van der Waals surface area (Å²) in [5, 5.41) is 0.224. The Bertz CT molecular complexity index is 1550. The van der Waals surface area contributed by atoms with Gasteiger partial charge in [0.1, 0.15) is 5.58 Å². The Hall–Kier alpha value is -3.22. The molecule has 0 radical (unpaired) electrons. The molecule has 1 heterocycles. The number of rotatable bonds is 6. The van der Waals surface area contributed by atoms with Crippen molar-refractivity contribution in [2.24, 2.45) is 0 Å². The van der Waals surface area contributed by atoms with E-state index in [0.717, 1.165) is 12.1 Å². The topological polar surface area (TPSA) is 105 Å². The lowest BCUT2D eigenvalue weighted by molar-refractivity contribution is -0.137. The minimum absolute atomic E-state index is 0.0970. The molecule has 13 heteroatoms. The van der Waals surface area contributed by atoms with Crippen LogP contribution in [0, 0.1) is 0 Å². The molecule has 178 valence electrons. The Kier molecular flexibility index (Phi) is 6.00. The first-order chi connectivity index (χ1) is 15.8. The van der Waals surface area contributed by atoms with Crippen molar-refractivity contribution in [3.8, 4) is 0 Å². The monoisotopic (exact) mass is 530 g/mol. The third kappa shape index (κ3) is 4.98. The van der Waals surface area contributed by atoms with E-state index >= 15 is 0 Å². The third-order valence-electron chi connectivity index (χ3n) is 4.63. The molecular weight excluding hydrogens is 517 g/mol. The zero-order valence-electron chi connectivity index (χ0n) is 16.8. The fraction of sp³-hybridized carbons (Fsp3) is 0.0476. The van der Waals surface area contributed by atoms with Crippen LogP contribution in [-0.2, 0) is 26.2 Å². The third-order valence-corrected chi connectivity index (χ3v) is 7.47. The summed E-state index contributed by atoms with van der Waals surface area (Å²) in [5.41, 5.74) is -1.11. The SMILES string of the molecule is O=S(=O)(Nc1ccc(Cl)cc1NS(=O)(=O)c1cc2ccccc2o1)c1ccc(C(F)(F)F)cc1. The van der Waals surface area contributed by atoms with Crippen LogP contribution in [0.1, 0.15) is 5.56 Å². The molecule has 4 rings (SSSR count). The highest BCUT2D eigenvalue weighted by molar-refractivity contribution is 7.93. The van der Waals surface area contributed by atoms with Crippen LogP contribution in [-0.4, -0.2) is 16.8 Å². The first-order valence-corrected chi connectivity index (χ1v) is 12.7. The number of sulfonamides is 2. The second-order valence-corrected chi connectivity index (χ2v) is 10.8. The number of hydrogen-bond acceptors (Lipinski definition) is 5. The van der Waals surface area contributed by atoms with Crippen molar-refractivity contribution >= 4 is 54.0 Å². The van der Waals surface area contributed by atoms with Gasteiger partial charge in [-0.25, -0.2) is 8.42 Å². The van der Waals surface area contributed by atoms with Crippen molar-refractivity contribution in [1.29, 1.82) is 0 Å². The minimum Gasteiger partial charge on any atom is -0.443 e. The molecule has 0 saturated carbocycles. The molecule has 34 heavy (non-hydrogen) atoms. The van der Waals surface area contributed by atoms with Crippen LogP contribution in [0.3, 0.4) is 0 Å². The molecule has 0 unspecified atom stereocenters. The summed E-state index contributed by atoms with van der Waals surface area (Å²) in [6.07, 6.45) is -4.63. The molecule has 3 aromatic carbocycles. The highest BCUT2D eigenvalue weighted by atomic mass is 35.5. The molecule has 0 atom stereocenters. The van der Waals surface area contributed by atoms with Crippen molar-refractivity contribution in [2.45, 2.75) is 16.2 Å². The van der Waals surface area contributed by atoms with Crippen LogP contribution in [0.4, 0.5) is 24.5 Å². The summed E-state index contributed by atoms with van der Waals surface area (Å²) in [6.45, 7) is 0. The number of benzene rings is 3. The highest BCUT2D eigenvalue weighted by Gasteiger charge is 2.31. The van der Waals surface area contributed by atoms with Gasteiger partial charge >= 0.3 is 6.18 Å². The summed E-state index contributed by atoms with van der Waals surface area (Å²) >= 11 is 5.96. The Balaban J connectivity index is 1.65. The van der Waals surface area contributed by atoms with E-state index in [1.54, 1.807) is 24.3 Å². The molecular formula is C21H14ClF3N2O5S2. The largest absolute Gasteiger partial charge is 0.443 e. The van der Waals surface area contributed by atoms with E-state index in [-0.39, 0.29) is 16.4 Å². The zero-order chi connectivity index (χ0) is 24.7. The van der Waals surface area contributed by atoms with E-state index < -0.39 is 41.8 Å². The van der Waals surface area contributed by atoms with Gasteiger partial charge in [0.2, 0.25) is 5.09 Å². The van der Waals surface area contributed by atoms with Gasteiger partial charge in [-0.15, -0.1) is 0 Å². The zero-order valence-corrected chi connectivity index (χ0v) is 19.2. The molecule has 0 fully saturated rings. The van der Waals surface area contributed by atoms with Gasteiger partial charge in [-0.05, 0) is 48.5 Å². The van der Waals surface area contributed by atoms with Crippen LogP contribution < -0.4 is 9.44 Å². The Morgan fingerprint density at radius 3 is 2.06 bits per heavy atom. The summed E-state index contributed by atoms with van der Waals surface area (Å²) in [4.78, 5) is -0.457. The number of fused-ring (bicyclic) bond motifs is 1. The van der Waals surface area contributed by atoms with E-state index in [9.17, 15) is 30.0 Å². The fourth-order valence-electron chi connectivity index (χ4n) is 3.00. The maximum atomic E-state index is 12.9. The second kappa shape index (κ2) is 8.53. The number of hydrogen-bond donors (Lipinski definition) is 2. The lowest BCUT2D eigenvalue weighted by Crippen LogP contribution is -2.17. The summed E-state index contributed by atoms with van der Waals surface area (Å²) in [7, 11) is -8.66. The molecule has 0 aliphatic carbocycles. The average Bonchev–Trinajstić information content (AvgIpc) is 3.20. The van der Waals surface area contributed by atoms with Crippen molar-refractivity contribution in [2.75, 3.05) is 9.44 Å². The van der Waals surface area contributed by atoms with Crippen LogP contribution in [0.5, 0.6) is 0 Å². The molecule has 4 aromatic rings. The molecule has 7 nitrogen and oxygen atoms in total. The molecule has 0 spiro atoms. The number of anilines is 2. The Labute approximate surface area is 197 Å². The van der Waals surface area contributed by atoms with Gasteiger partial charge in [-0.1, -0.05) is 29.8 Å². The van der Waals surface area contributed by atoms with Gasteiger partial charge in [-0.3, -0.25) is 9.44 Å². The lowest BCUT2D eigenvalue weighted by Gasteiger charge is -2.15. The van der Waals surface area contributed by atoms with Gasteiger partial charge in [-0.2, -0.15) is 21.6 Å². The molecule has 2 N–H and O–H groups in total. The smallest absolute Gasteiger partial charge is 0.416 e. The van der Waals surface area contributed by atoms with Gasteiger partial charge in [0.25, 0.3) is 20.0 Å². The van der Waals surface area contributed by atoms with Crippen LogP contribution in [0.15, 0.2) is 87.2 Å². The molecule has 1 aromatic heterocycles. The summed E-state index contributed by atoms with van der Waals surface area (Å²) in [5.74, 6) is 0. The highest BCUT2D eigenvalue weighted by Crippen LogP contribution is 2.33. The van der Waals surface area contributed by atoms with Gasteiger partial charge in [0, 0.05) is 16.5 Å². The minimum atomic E-state index is -4.63. The molecule has 0 saturated heterocycles. The van der Waals surface area contributed by atoms with Crippen molar-refractivity contribution in [1.82, 2.24) is 0 Å². The summed E-state index contributed by atoms with van der Waals surface area (Å²) in [6, 6.07) is 14.4. The number of nitrogens with one attached hydrogen (secondary N) is 2. The first kappa shape index (κ1) is 23.9. The van der Waals surface area contributed by atoms with E-state index in [0.29, 0.717) is 23.1 Å². The molecule has 0 aliphatic rings. The van der Waals surface area contributed by atoms with Crippen molar-refractivity contribution in [3.05, 3.63) is 83.4 Å². The Morgan fingerprint density at radius 1 is 0.765 bits per heavy atom. The number of halogens is 4. The van der Waals surface area contributed by atoms with Crippen LogP contribution in [0.25, 0.3) is 11.0 Å². The fourth-order valence-corrected chi connectivity index (χ4v) is 5.29.